The number of fused-ring (bicyclic) bond motifs is 1. The summed E-state index contributed by atoms with van der Waals surface area (Å²) < 4.78 is 33.5. The molecular weight excluding hydrogens is 428 g/mol. The van der Waals surface area contributed by atoms with Gasteiger partial charge in [0.1, 0.15) is 11.3 Å². The maximum Gasteiger partial charge on any atom is 0.342 e. The van der Waals surface area contributed by atoms with Crippen molar-refractivity contribution in [3.05, 3.63) is 70.5 Å². The summed E-state index contributed by atoms with van der Waals surface area (Å²) in [6.45, 7) is 1.53. The van der Waals surface area contributed by atoms with Crippen molar-refractivity contribution in [2.45, 2.75) is 31.2 Å². The highest BCUT2D eigenvalue weighted by molar-refractivity contribution is 7.91. The molecule has 7 nitrogen and oxygen atoms in total. The van der Waals surface area contributed by atoms with E-state index in [0.717, 1.165) is 24.0 Å². The van der Waals surface area contributed by atoms with Crippen LogP contribution in [-0.4, -0.2) is 28.8 Å². The number of aryl methyl sites for hydroxylation is 1. The molecule has 166 valence electrons. The number of aromatic nitrogens is 2. The van der Waals surface area contributed by atoms with Gasteiger partial charge in [0.2, 0.25) is 0 Å². The van der Waals surface area contributed by atoms with Gasteiger partial charge in [0.25, 0.3) is 0 Å². The molecule has 0 aliphatic heterocycles. The fourth-order valence-corrected chi connectivity index (χ4v) is 6.56. The molecule has 1 unspecified atom stereocenters. The van der Waals surface area contributed by atoms with Gasteiger partial charge in [0, 0.05) is 18.7 Å². The van der Waals surface area contributed by atoms with Crippen molar-refractivity contribution < 1.29 is 17.9 Å². The molecule has 0 radical (unpaired) electrons. The molecule has 1 N–H and O–H groups in total. The number of rotatable bonds is 5. The molecule has 3 aromatic rings. The van der Waals surface area contributed by atoms with E-state index >= 15 is 0 Å². The summed E-state index contributed by atoms with van der Waals surface area (Å²) >= 11 is 0. The molecule has 1 aromatic carbocycles. The zero-order valence-corrected chi connectivity index (χ0v) is 18.7. The van der Waals surface area contributed by atoms with Crippen molar-refractivity contribution in [1.82, 2.24) is 9.55 Å². The van der Waals surface area contributed by atoms with Crippen LogP contribution in [0.5, 0.6) is 5.75 Å². The van der Waals surface area contributed by atoms with E-state index in [9.17, 15) is 18.3 Å². The zero-order valence-electron chi connectivity index (χ0n) is 17.9. The lowest BCUT2D eigenvalue weighted by molar-refractivity contribution is 0.373. The van der Waals surface area contributed by atoms with Crippen LogP contribution in [0.15, 0.2) is 63.2 Å². The molecule has 2 aromatic heterocycles. The maximum atomic E-state index is 13.2. The predicted molar refractivity (Wildman–Crippen MR) is 121 cm³/mol. The number of hydrogen-bond acceptors (Lipinski definition) is 6. The summed E-state index contributed by atoms with van der Waals surface area (Å²) in [4.78, 5) is 16.1. The van der Waals surface area contributed by atoms with Gasteiger partial charge >= 0.3 is 5.63 Å². The molecule has 2 heterocycles. The molecule has 1 atom stereocenters. The third-order valence-corrected chi connectivity index (χ3v) is 8.33. The monoisotopic (exact) mass is 452 g/mol. The van der Waals surface area contributed by atoms with Crippen LogP contribution < -0.4 is 5.63 Å². The van der Waals surface area contributed by atoms with Gasteiger partial charge in [-0.2, -0.15) is 0 Å². The van der Waals surface area contributed by atoms with Crippen LogP contribution in [-0.2, 0) is 16.9 Å². The van der Waals surface area contributed by atoms with Gasteiger partial charge in [-0.3, -0.25) is 0 Å². The first-order chi connectivity index (χ1) is 15.2. The lowest BCUT2D eigenvalue weighted by Gasteiger charge is -2.34. The second kappa shape index (κ2) is 7.20. The molecule has 0 saturated heterocycles. The Kier molecular flexibility index (Phi) is 4.67. The Morgan fingerprint density at radius 2 is 2.09 bits per heavy atom. The van der Waals surface area contributed by atoms with Crippen LogP contribution in [0.3, 0.4) is 0 Å². The summed E-state index contributed by atoms with van der Waals surface area (Å²) in [6, 6.07) is 5.30. The van der Waals surface area contributed by atoms with E-state index in [1.165, 1.54) is 19.4 Å². The van der Waals surface area contributed by atoms with Crippen molar-refractivity contribution in [2.24, 2.45) is 18.4 Å². The molecule has 5 rings (SSSR count). The predicted octanol–water partition coefficient (Wildman–Crippen LogP) is 3.75. The van der Waals surface area contributed by atoms with Gasteiger partial charge < -0.3 is 14.1 Å². The van der Waals surface area contributed by atoms with Crippen molar-refractivity contribution in [3.8, 4) is 5.75 Å². The Balaban J connectivity index is 1.58. The van der Waals surface area contributed by atoms with E-state index in [4.69, 9.17) is 4.42 Å². The number of hydrogen-bond donors (Lipinski definition) is 1. The van der Waals surface area contributed by atoms with Gasteiger partial charge in [-0.25, -0.2) is 18.2 Å². The first-order valence-electron chi connectivity index (χ1n) is 10.6. The van der Waals surface area contributed by atoms with Crippen LogP contribution in [0.4, 0.5) is 0 Å². The third kappa shape index (κ3) is 3.39. The summed E-state index contributed by atoms with van der Waals surface area (Å²) in [7, 11) is -1.84. The van der Waals surface area contributed by atoms with Crippen LogP contribution in [0.25, 0.3) is 16.5 Å². The maximum absolute atomic E-state index is 13.2. The second-order valence-electron chi connectivity index (χ2n) is 8.91. The third-order valence-electron chi connectivity index (χ3n) is 6.57. The Hall–Kier alpha value is -3.13. The largest absolute Gasteiger partial charge is 0.507 e. The van der Waals surface area contributed by atoms with E-state index in [1.54, 1.807) is 23.7 Å². The Labute approximate surface area is 185 Å². The number of sulfone groups is 1. The van der Waals surface area contributed by atoms with Gasteiger partial charge in [-0.1, -0.05) is 30.4 Å². The molecule has 0 amide bonds. The second-order valence-corrected chi connectivity index (χ2v) is 10.8. The molecule has 0 bridgehead atoms. The van der Waals surface area contributed by atoms with E-state index in [1.807, 2.05) is 24.3 Å². The van der Waals surface area contributed by atoms with Gasteiger partial charge in [0.15, 0.2) is 14.9 Å². The molecular formula is C24H24N2O5S. The first-order valence-corrected chi connectivity index (χ1v) is 12.2. The SMILES string of the molecule is Cc1c(O)c2c(C3=CC=CC(CS(=O)(=O)c4cn(C)cn4)(C4CC4)C3)cccc2oc1=O. The minimum Gasteiger partial charge on any atom is -0.507 e. The molecule has 2 aliphatic rings. The minimum atomic E-state index is -3.59. The van der Waals surface area contributed by atoms with Crippen LogP contribution in [0, 0.1) is 18.3 Å². The molecule has 1 fully saturated rings. The Morgan fingerprint density at radius 1 is 1.31 bits per heavy atom. The van der Waals surface area contributed by atoms with Crippen molar-refractivity contribution in [2.75, 3.05) is 5.75 Å². The Morgan fingerprint density at radius 3 is 2.78 bits per heavy atom. The summed E-state index contributed by atoms with van der Waals surface area (Å²) in [6.07, 6.45) is 11.4. The number of benzene rings is 1. The number of aromatic hydroxyl groups is 1. The molecule has 8 heteroatoms. The van der Waals surface area contributed by atoms with Crippen LogP contribution >= 0.6 is 0 Å². The van der Waals surface area contributed by atoms with Gasteiger partial charge in [-0.05, 0) is 49.3 Å². The van der Waals surface area contributed by atoms with E-state index < -0.39 is 20.9 Å². The Bertz CT molecular complexity index is 1460. The van der Waals surface area contributed by atoms with Crippen LogP contribution in [0.1, 0.15) is 30.4 Å². The average molecular weight is 453 g/mol. The average Bonchev–Trinajstić information content (AvgIpc) is 3.53. The summed E-state index contributed by atoms with van der Waals surface area (Å²) in [5.41, 5.74) is 0.995. The highest BCUT2D eigenvalue weighted by Gasteiger charge is 2.48. The fourth-order valence-electron chi connectivity index (χ4n) is 4.73. The smallest absolute Gasteiger partial charge is 0.342 e. The zero-order chi connectivity index (χ0) is 22.7. The molecule has 2 aliphatic carbocycles. The fraction of sp³-hybridized carbons (Fsp3) is 0.333. The number of allylic oxidation sites excluding steroid dienone is 4. The van der Waals surface area contributed by atoms with E-state index in [2.05, 4.69) is 4.98 Å². The molecule has 0 spiro atoms. The highest BCUT2D eigenvalue weighted by atomic mass is 32.2. The first kappa shape index (κ1) is 20.8. The van der Waals surface area contributed by atoms with E-state index in [-0.39, 0.29) is 28.0 Å². The quantitative estimate of drug-likeness (QED) is 0.592. The molecule has 1 saturated carbocycles. The summed E-state index contributed by atoms with van der Waals surface area (Å²) in [5, 5.41) is 11.3. The number of imidazole rings is 1. The minimum absolute atomic E-state index is 0.0274. The van der Waals surface area contributed by atoms with Crippen LogP contribution in [0.2, 0.25) is 0 Å². The number of nitrogens with zero attached hydrogens (tertiary/aromatic N) is 2. The molecule has 32 heavy (non-hydrogen) atoms. The van der Waals surface area contributed by atoms with Crippen molar-refractivity contribution >= 4 is 26.4 Å². The van der Waals surface area contributed by atoms with Crippen molar-refractivity contribution in [3.63, 3.8) is 0 Å². The normalized spacial score (nSPS) is 21.1. The van der Waals surface area contributed by atoms with Crippen molar-refractivity contribution in [1.29, 1.82) is 0 Å². The standard InChI is InChI=1S/C24H24N2O5S/c1-15-22(27)21-18(6-3-7-19(21)31-23(15)28)16-5-4-10-24(11-16,17-8-9-17)13-32(29,30)20-12-26(2)14-25-20/h3-7,10,12,14,17,27H,8-9,11,13H2,1-2H3. The highest BCUT2D eigenvalue weighted by Crippen LogP contribution is 2.54. The summed E-state index contributed by atoms with van der Waals surface area (Å²) in [5.74, 6) is 0.144. The topological polar surface area (TPSA) is 102 Å². The lowest BCUT2D eigenvalue weighted by Crippen LogP contribution is -2.32. The van der Waals surface area contributed by atoms with Gasteiger partial charge in [0.05, 0.1) is 23.0 Å². The lowest BCUT2D eigenvalue weighted by atomic mass is 9.74. The van der Waals surface area contributed by atoms with Gasteiger partial charge in [-0.15, -0.1) is 0 Å². The van der Waals surface area contributed by atoms with E-state index in [0.29, 0.717) is 17.4 Å².